The maximum absolute atomic E-state index is 12.4. The Labute approximate surface area is 201 Å². The molecule has 1 heterocycles. The normalized spacial score (nSPS) is 11.9. The Morgan fingerprint density at radius 2 is 1.18 bits per heavy atom. The monoisotopic (exact) mass is 484 g/mol. The Balaban J connectivity index is 1.67. The summed E-state index contributed by atoms with van der Waals surface area (Å²) in [5.41, 5.74) is 7.80. The molecule has 0 aliphatic heterocycles. The van der Waals surface area contributed by atoms with E-state index >= 15 is 0 Å². The summed E-state index contributed by atoms with van der Waals surface area (Å²) in [6.07, 6.45) is 1.16. The molecule has 7 nitrogen and oxygen atoms in total. The van der Waals surface area contributed by atoms with E-state index in [1.807, 2.05) is 26.0 Å². The van der Waals surface area contributed by atoms with Gasteiger partial charge < -0.3 is 4.42 Å². The molecule has 3 aromatic rings. The molecule has 2 aromatic carbocycles. The molecule has 0 fully saturated rings. The van der Waals surface area contributed by atoms with Gasteiger partial charge in [-0.2, -0.15) is 10.2 Å². The van der Waals surface area contributed by atoms with Crippen molar-refractivity contribution in [3.8, 4) is 0 Å². The molecular formula is C24H22Cl2N4O3. The number of hydrogen-bond donors (Lipinski definition) is 2. The van der Waals surface area contributed by atoms with Gasteiger partial charge in [0.15, 0.2) is 11.5 Å². The van der Waals surface area contributed by atoms with Gasteiger partial charge in [0.25, 0.3) is 0 Å². The summed E-state index contributed by atoms with van der Waals surface area (Å²) < 4.78 is 5.38. The van der Waals surface area contributed by atoms with Gasteiger partial charge in [-0.25, -0.2) is 10.9 Å². The van der Waals surface area contributed by atoms with Gasteiger partial charge in [-0.3, -0.25) is 9.59 Å². The number of amides is 2. The van der Waals surface area contributed by atoms with Crippen molar-refractivity contribution in [3.63, 3.8) is 0 Å². The lowest BCUT2D eigenvalue weighted by Crippen LogP contribution is -2.20. The number of hydrogen-bond acceptors (Lipinski definition) is 5. The highest BCUT2D eigenvalue weighted by atomic mass is 35.5. The highest BCUT2D eigenvalue weighted by Gasteiger charge is 2.16. The molecule has 0 aliphatic carbocycles. The van der Waals surface area contributed by atoms with E-state index in [4.69, 9.17) is 27.6 Å². The Kier molecular flexibility index (Phi) is 8.40. The molecule has 3 rings (SSSR count). The second kappa shape index (κ2) is 11.4. The fourth-order valence-electron chi connectivity index (χ4n) is 2.96. The van der Waals surface area contributed by atoms with Crippen LogP contribution < -0.4 is 10.9 Å². The molecule has 2 N–H and O–H groups in total. The second-order valence-electron chi connectivity index (χ2n) is 6.89. The van der Waals surface area contributed by atoms with Crippen LogP contribution in [-0.2, 0) is 0 Å². The van der Waals surface area contributed by atoms with Gasteiger partial charge in [0, 0.05) is 10.0 Å². The van der Waals surface area contributed by atoms with E-state index in [0.717, 1.165) is 11.1 Å². The minimum absolute atomic E-state index is 0.0556. The van der Waals surface area contributed by atoms with Crippen LogP contribution in [0.1, 0.15) is 58.9 Å². The van der Waals surface area contributed by atoms with Crippen LogP contribution in [0.15, 0.2) is 75.3 Å². The zero-order valence-electron chi connectivity index (χ0n) is 18.1. The third kappa shape index (κ3) is 6.54. The van der Waals surface area contributed by atoms with E-state index in [-0.39, 0.29) is 11.5 Å². The Bertz CT molecular complexity index is 1130. The van der Waals surface area contributed by atoms with E-state index in [2.05, 4.69) is 21.1 Å². The average Bonchev–Trinajstić information content (AvgIpc) is 3.30. The van der Waals surface area contributed by atoms with E-state index in [0.29, 0.717) is 34.3 Å². The fraction of sp³-hybridized carbons (Fsp3) is 0.167. The smallest absolute Gasteiger partial charge is 0.307 e. The molecule has 2 amide bonds. The largest absolute Gasteiger partial charge is 0.446 e. The number of carbonyl (C=O) groups excluding carboxylic acids is 2. The SMILES string of the molecule is CC/C(=N\NC(=O)c1ccc(C(=O)N/N=C(\CC)c2cccc(Cl)c2)o1)c1cccc(Cl)c1. The molecule has 33 heavy (non-hydrogen) atoms. The number of carbonyl (C=O) groups is 2. The number of nitrogens with one attached hydrogen (secondary N) is 2. The van der Waals surface area contributed by atoms with Crippen molar-refractivity contribution in [1.29, 1.82) is 0 Å². The second-order valence-corrected chi connectivity index (χ2v) is 7.76. The van der Waals surface area contributed by atoms with Gasteiger partial charge in [0.1, 0.15) is 0 Å². The topological polar surface area (TPSA) is 96.1 Å². The van der Waals surface area contributed by atoms with Gasteiger partial charge >= 0.3 is 11.8 Å². The first-order valence-electron chi connectivity index (χ1n) is 10.3. The van der Waals surface area contributed by atoms with Crippen molar-refractivity contribution in [3.05, 3.63) is 93.4 Å². The first-order chi connectivity index (χ1) is 15.9. The lowest BCUT2D eigenvalue weighted by Gasteiger charge is -2.05. The van der Waals surface area contributed by atoms with Gasteiger partial charge in [0.05, 0.1) is 11.4 Å². The summed E-state index contributed by atoms with van der Waals surface area (Å²) in [5, 5.41) is 9.47. The van der Waals surface area contributed by atoms with Gasteiger partial charge in [0.2, 0.25) is 0 Å². The predicted octanol–water partition coefficient (Wildman–Crippen LogP) is 5.67. The maximum Gasteiger partial charge on any atom is 0.307 e. The van der Waals surface area contributed by atoms with E-state index in [1.165, 1.54) is 12.1 Å². The average molecular weight is 485 g/mol. The Morgan fingerprint density at radius 3 is 1.55 bits per heavy atom. The molecule has 0 saturated heterocycles. The van der Waals surface area contributed by atoms with Gasteiger partial charge in [-0.1, -0.05) is 61.3 Å². The van der Waals surface area contributed by atoms with E-state index in [9.17, 15) is 9.59 Å². The van der Waals surface area contributed by atoms with Crippen LogP contribution in [0.3, 0.4) is 0 Å². The Hall–Kier alpha value is -3.42. The van der Waals surface area contributed by atoms with Gasteiger partial charge in [-0.05, 0) is 60.4 Å². The van der Waals surface area contributed by atoms with E-state index < -0.39 is 11.8 Å². The quantitative estimate of drug-likeness (QED) is 0.318. The third-order valence-electron chi connectivity index (χ3n) is 4.62. The van der Waals surface area contributed by atoms with Crippen LogP contribution in [0.5, 0.6) is 0 Å². The van der Waals surface area contributed by atoms with E-state index in [1.54, 1.807) is 36.4 Å². The molecule has 170 valence electrons. The highest BCUT2D eigenvalue weighted by Crippen LogP contribution is 2.14. The lowest BCUT2D eigenvalue weighted by atomic mass is 10.1. The van der Waals surface area contributed by atoms with Crippen molar-refractivity contribution in [2.45, 2.75) is 26.7 Å². The standard InChI is InChI=1S/C24H22Cl2N4O3/c1-3-19(15-7-5-9-17(25)13-15)27-29-23(31)21-11-12-22(33-21)24(32)30-28-20(4-2)16-8-6-10-18(26)14-16/h5-14H,3-4H2,1-2H3,(H,29,31)(H,30,32)/b27-19+,28-20+. The molecule has 1 aromatic heterocycles. The van der Waals surface area contributed by atoms with Crippen LogP contribution in [0, 0.1) is 0 Å². The summed E-state index contributed by atoms with van der Waals surface area (Å²) in [6, 6.07) is 17.2. The number of hydrazone groups is 2. The molecule has 0 saturated carbocycles. The molecule has 0 aliphatic rings. The summed E-state index contributed by atoms with van der Waals surface area (Å²) in [7, 11) is 0. The predicted molar refractivity (Wildman–Crippen MR) is 130 cm³/mol. The number of nitrogens with zero attached hydrogens (tertiary/aromatic N) is 2. The van der Waals surface area contributed by atoms with Crippen molar-refractivity contribution < 1.29 is 14.0 Å². The molecule has 0 spiro atoms. The minimum atomic E-state index is -0.585. The van der Waals surface area contributed by atoms with Crippen molar-refractivity contribution >= 4 is 46.4 Å². The Morgan fingerprint density at radius 1 is 0.758 bits per heavy atom. The number of benzene rings is 2. The molecule has 0 unspecified atom stereocenters. The summed E-state index contributed by atoms with van der Waals surface area (Å²) in [4.78, 5) is 24.8. The zero-order chi connectivity index (χ0) is 23.8. The first-order valence-corrected chi connectivity index (χ1v) is 11.0. The lowest BCUT2D eigenvalue weighted by molar-refractivity contribution is 0.0902. The summed E-state index contributed by atoms with van der Waals surface area (Å²) >= 11 is 12.0. The number of furan rings is 1. The first kappa shape index (κ1) is 24.2. The van der Waals surface area contributed by atoms with Gasteiger partial charge in [-0.15, -0.1) is 0 Å². The fourth-order valence-corrected chi connectivity index (χ4v) is 3.34. The van der Waals surface area contributed by atoms with Crippen molar-refractivity contribution in [2.75, 3.05) is 0 Å². The molecular weight excluding hydrogens is 463 g/mol. The molecule has 9 heteroatoms. The van der Waals surface area contributed by atoms with Crippen LogP contribution in [0.25, 0.3) is 0 Å². The van der Waals surface area contributed by atoms with Crippen molar-refractivity contribution in [1.82, 2.24) is 10.9 Å². The van der Waals surface area contributed by atoms with Crippen LogP contribution in [-0.4, -0.2) is 23.2 Å². The van der Waals surface area contributed by atoms with Crippen LogP contribution in [0.4, 0.5) is 0 Å². The summed E-state index contributed by atoms with van der Waals surface area (Å²) in [5.74, 6) is -1.28. The van der Waals surface area contributed by atoms with Crippen LogP contribution in [0.2, 0.25) is 10.0 Å². The zero-order valence-corrected chi connectivity index (χ0v) is 19.6. The molecule has 0 atom stereocenters. The molecule has 0 bridgehead atoms. The third-order valence-corrected chi connectivity index (χ3v) is 5.09. The maximum atomic E-state index is 12.4. The number of rotatable bonds is 8. The van der Waals surface area contributed by atoms with Crippen LogP contribution >= 0.6 is 23.2 Å². The highest BCUT2D eigenvalue weighted by molar-refractivity contribution is 6.31. The minimum Gasteiger partial charge on any atom is -0.446 e. The molecule has 0 radical (unpaired) electrons. The number of halogens is 2. The summed E-state index contributed by atoms with van der Waals surface area (Å²) in [6.45, 7) is 3.82. The van der Waals surface area contributed by atoms with Crippen molar-refractivity contribution in [2.24, 2.45) is 10.2 Å².